The molecule has 2 aromatic heterocycles. The van der Waals surface area contributed by atoms with E-state index in [2.05, 4.69) is 21.4 Å². The fraction of sp³-hybridized carbons (Fsp3) is 0.378. The number of amides is 2. The van der Waals surface area contributed by atoms with Gasteiger partial charge in [0, 0.05) is 37.6 Å². The first kappa shape index (κ1) is 32.1. The fourth-order valence-corrected chi connectivity index (χ4v) is 9.16. The number of aromatic amines is 1. The average molecular weight is 695 g/mol. The number of hydrogen-bond donors (Lipinski definition) is 3. The van der Waals surface area contributed by atoms with Crippen molar-refractivity contribution in [2.45, 2.75) is 58.2 Å². The molecule has 3 aliphatic heterocycles. The van der Waals surface area contributed by atoms with Crippen molar-refractivity contribution in [3.8, 4) is 0 Å². The molecule has 2 aromatic carbocycles. The van der Waals surface area contributed by atoms with Crippen molar-refractivity contribution in [2.24, 2.45) is 11.1 Å². The Balaban J connectivity index is 0.903. The molecule has 0 bridgehead atoms. The number of esters is 1. The Kier molecular flexibility index (Phi) is 8.30. The summed E-state index contributed by atoms with van der Waals surface area (Å²) >= 11 is 1.50. The number of carbonyl (C=O) groups is 3. The third-order valence-electron chi connectivity index (χ3n) is 10.6. The van der Waals surface area contributed by atoms with Crippen LogP contribution in [0, 0.1) is 5.41 Å². The predicted octanol–water partition coefficient (Wildman–Crippen LogP) is 3.91. The maximum absolute atomic E-state index is 13.3. The molecule has 0 unspecified atom stereocenters. The zero-order valence-electron chi connectivity index (χ0n) is 27.6. The maximum Gasteiger partial charge on any atom is 0.410 e. The monoisotopic (exact) mass is 694 g/mol. The number of rotatable bonds is 6. The number of thiophene rings is 1. The SMILES string of the molecule is NC1=C(N2CCc3ccc(CNC(=O)c4nc5sc6c(c5c(=O)[nH]4)CCC4(CCN(C(=O)OCc5ccccc5)CC4)C6)cc3C2)C(=O)OC1. The minimum Gasteiger partial charge on any atom is -0.454 e. The summed E-state index contributed by atoms with van der Waals surface area (Å²) in [6, 6.07) is 15.7. The Hall–Kier alpha value is -5.17. The number of nitrogens with two attached hydrogens (primary N) is 1. The molecule has 13 heteroatoms. The number of aromatic nitrogens is 2. The summed E-state index contributed by atoms with van der Waals surface area (Å²) in [5.41, 5.74) is 11.8. The Morgan fingerprint density at radius 3 is 2.62 bits per heavy atom. The summed E-state index contributed by atoms with van der Waals surface area (Å²) in [4.78, 5) is 64.3. The maximum atomic E-state index is 13.3. The molecule has 12 nitrogen and oxygen atoms in total. The highest BCUT2D eigenvalue weighted by atomic mass is 32.1. The van der Waals surface area contributed by atoms with E-state index >= 15 is 0 Å². The molecule has 4 aliphatic rings. The van der Waals surface area contributed by atoms with Gasteiger partial charge in [-0.25, -0.2) is 14.6 Å². The van der Waals surface area contributed by atoms with E-state index in [1.54, 1.807) is 4.90 Å². The standard InChI is InChI=1S/C37H38N6O6S/c38-27-21-48-35(46)30(27)43-13-9-24-7-6-23(16-25(24)19-43)18-39-33(45)31-40-32(44)29-26-8-10-37(17-28(26)50-34(29)41-31)11-14-42(15-12-37)36(47)49-20-22-4-2-1-3-5-22/h1-7,16H,8-15,17-21,38H2,(H,39,45)(H,40,41,44). The van der Waals surface area contributed by atoms with Crippen molar-refractivity contribution in [1.82, 2.24) is 25.1 Å². The van der Waals surface area contributed by atoms with E-state index in [0.29, 0.717) is 47.8 Å². The lowest BCUT2D eigenvalue weighted by Crippen LogP contribution is -2.45. The molecule has 1 spiro atoms. The van der Waals surface area contributed by atoms with Crippen LogP contribution in [0.25, 0.3) is 10.2 Å². The molecule has 0 radical (unpaired) electrons. The predicted molar refractivity (Wildman–Crippen MR) is 186 cm³/mol. The third kappa shape index (κ3) is 6.10. The lowest BCUT2D eigenvalue weighted by molar-refractivity contribution is -0.137. The van der Waals surface area contributed by atoms with Crippen LogP contribution in [-0.2, 0) is 53.2 Å². The number of benzene rings is 2. The minimum absolute atomic E-state index is 0.00979. The molecule has 4 N–H and O–H groups in total. The number of cyclic esters (lactones) is 1. The number of likely N-dealkylation sites (tertiary alicyclic amines) is 1. The first-order valence-corrected chi connectivity index (χ1v) is 17.9. The summed E-state index contributed by atoms with van der Waals surface area (Å²) in [5.74, 6) is -0.855. The summed E-state index contributed by atoms with van der Waals surface area (Å²) in [6.45, 7) is 3.11. The molecule has 1 saturated heterocycles. The van der Waals surface area contributed by atoms with E-state index in [4.69, 9.17) is 15.2 Å². The molecule has 4 aromatic rings. The molecule has 1 fully saturated rings. The van der Waals surface area contributed by atoms with Gasteiger partial charge in [0.15, 0.2) is 0 Å². The van der Waals surface area contributed by atoms with Gasteiger partial charge < -0.3 is 35.3 Å². The summed E-state index contributed by atoms with van der Waals surface area (Å²) < 4.78 is 10.7. The second kappa shape index (κ2) is 12.9. The first-order chi connectivity index (χ1) is 24.2. The minimum atomic E-state index is -0.454. The number of nitrogens with zero attached hydrogens (tertiary/aromatic N) is 3. The second-order valence-corrected chi connectivity index (χ2v) is 14.8. The highest BCUT2D eigenvalue weighted by Gasteiger charge is 2.40. The Labute approximate surface area is 292 Å². The van der Waals surface area contributed by atoms with Crippen LogP contribution in [0.3, 0.4) is 0 Å². The van der Waals surface area contributed by atoms with Gasteiger partial charge in [-0.05, 0) is 71.8 Å². The summed E-state index contributed by atoms with van der Waals surface area (Å²) in [7, 11) is 0. The van der Waals surface area contributed by atoms with Crippen LogP contribution in [0.15, 0.2) is 64.7 Å². The van der Waals surface area contributed by atoms with Gasteiger partial charge in [0.05, 0.1) is 11.1 Å². The topological polar surface area (TPSA) is 160 Å². The van der Waals surface area contributed by atoms with Crippen LogP contribution in [0.1, 0.15) is 62.6 Å². The van der Waals surface area contributed by atoms with E-state index in [1.807, 2.05) is 47.4 Å². The Morgan fingerprint density at radius 1 is 1.02 bits per heavy atom. The summed E-state index contributed by atoms with van der Waals surface area (Å²) in [5, 5.41) is 3.49. The highest BCUT2D eigenvalue weighted by molar-refractivity contribution is 7.18. The molecule has 50 heavy (non-hydrogen) atoms. The number of nitrogens with one attached hydrogen (secondary N) is 2. The number of carbonyl (C=O) groups excluding carboxylic acids is 3. The number of hydrogen-bond acceptors (Lipinski definition) is 10. The smallest absolute Gasteiger partial charge is 0.410 e. The Morgan fingerprint density at radius 2 is 1.84 bits per heavy atom. The van der Waals surface area contributed by atoms with Gasteiger partial charge >= 0.3 is 12.1 Å². The first-order valence-electron chi connectivity index (χ1n) is 17.0. The van der Waals surface area contributed by atoms with Crippen LogP contribution >= 0.6 is 11.3 Å². The van der Waals surface area contributed by atoms with Crippen LogP contribution in [0.2, 0.25) is 0 Å². The molecule has 8 rings (SSSR count). The van der Waals surface area contributed by atoms with Crippen LogP contribution in [0.5, 0.6) is 0 Å². The van der Waals surface area contributed by atoms with Crippen molar-refractivity contribution in [3.63, 3.8) is 0 Å². The molecule has 5 heterocycles. The van der Waals surface area contributed by atoms with Gasteiger partial charge in [-0.15, -0.1) is 11.3 Å². The van der Waals surface area contributed by atoms with Crippen molar-refractivity contribution < 1.29 is 23.9 Å². The second-order valence-electron chi connectivity index (χ2n) is 13.7. The van der Waals surface area contributed by atoms with Crippen molar-refractivity contribution in [2.75, 3.05) is 26.2 Å². The van der Waals surface area contributed by atoms with Gasteiger partial charge in [0.1, 0.15) is 23.7 Å². The van der Waals surface area contributed by atoms with Crippen LogP contribution in [-0.4, -0.2) is 64.0 Å². The normalized spacial score (nSPS) is 18.2. The van der Waals surface area contributed by atoms with Gasteiger partial charge in [0.25, 0.3) is 11.5 Å². The van der Waals surface area contributed by atoms with Gasteiger partial charge in [0.2, 0.25) is 5.82 Å². The molecular formula is C37H38N6O6S. The number of ether oxygens (including phenoxy) is 2. The third-order valence-corrected chi connectivity index (χ3v) is 11.7. The number of piperidine rings is 1. The van der Waals surface area contributed by atoms with E-state index in [1.165, 1.54) is 16.9 Å². The van der Waals surface area contributed by atoms with E-state index in [9.17, 15) is 19.2 Å². The molecular weight excluding hydrogens is 657 g/mol. The summed E-state index contributed by atoms with van der Waals surface area (Å²) in [6.07, 6.45) is 4.77. The average Bonchev–Trinajstić information content (AvgIpc) is 3.67. The van der Waals surface area contributed by atoms with Crippen LogP contribution < -0.4 is 16.6 Å². The fourth-order valence-electron chi connectivity index (χ4n) is 7.77. The van der Waals surface area contributed by atoms with Crippen molar-refractivity contribution in [1.29, 1.82) is 0 Å². The number of H-pyrrole nitrogens is 1. The van der Waals surface area contributed by atoms with Gasteiger partial charge in [-0.2, -0.15) is 0 Å². The molecule has 1 aliphatic carbocycles. The van der Waals surface area contributed by atoms with Gasteiger partial charge in [-0.3, -0.25) is 9.59 Å². The molecule has 0 saturated carbocycles. The lowest BCUT2D eigenvalue weighted by atomic mass is 9.68. The zero-order chi connectivity index (χ0) is 34.4. The largest absolute Gasteiger partial charge is 0.454 e. The van der Waals surface area contributed by atoms with E-state index in [0.717, 1.165) is 65.7 Å². The van der Waals surface area contributed by atoms with Gasteiger partial charge in [-0.1, -0.05) is 48.5 Å². The Bertz CT molecular complexity index is 2100. The molecule has 258 valence electrons. The lowest BCUT2D eigenvalue weighted by Gasteiger charge is -2.43. The van der Waals surface area contributed by atoms with E-state index < -0.39 is 11.9 Å². The zero-order valence-corrected chi connectivity index (χ0v) is 28.4. The molecule has 2 amide bonds. The number of fused-ring (bicyclic) bond motifs is 4. The van der Waals surface area contributed by atoms with E-state index in [-0.39, 0.29) is 42.7 Å². The van der Waals surface area contributed by atoms with Crippen LogP contribution in [0.4, 0.5) is 4.79 Å². The quantitative estimate of drug-likeness (QED) is 0.255. The molecule has 0 atom stereocenters. The van der Waals surface area contributed by atoms with Crippen molar-refractivity contribution >= 4 is 39.5 Å². The van der Waals surface area contributed by atoms with Crippen molar-refractivity contribution in [3.05, 3.63) is 109 Å². The highest BCUT2D eigenvalue weighted by Crippen LogP contribution is 2.47. The number of aryl methyl sites for hydroxylation is 1.